The summed E-state index contributed by atoms with van der Waals surface area (Å²) < 4.78 is 0. The molecule has 1 nitrogen and oxygen atoms in total. The average Bonchev–Trinajstić information content (AvgIpc) is 2.33. The van der Waals surface area contributed by atoms with Gasteiger partial charge in [-0.3, -0.25) is 11.5 Å². The van der Waals surface area contributed by atoms with Crippen LogP contribution in [0.15, 0.2) is 30.3 Å². The van der Waals surface area contributed by atoms with Crippen LogP contribution in [0.5, 0.6) is 0 Å². The third-order valence-electron chi connectivity index (χ3n) is 1.34. The molecule has 0 fully saturated rings. The van der Waals surface area contributed by atoms with Crippen molar-refractivity contribution in [3.8, 4) is 0 Å². The van der Waals surface area contributed by atoms with Crippen LogP contribution < -0.4 is 0 Å². The van der Waals surface area contributed by atoms with E-state index in [1.807, 2.05) is 30.3 Å². The fraction of sp³-hybridized carbons (Fsp3) is 0. The molecule has 0 atom stereocenters. The first-order valence-electron chi connectivity index (χ1n) is 2.85. The third-order valence-corrected chi connectivity index (χ3v) is 1.34. The van der Waals surface area contributed by atoms with Gasteiger partial charge in [0.2, 0.25) is 0 Å². The molecule has 0 N–H and O–H groups in total. The summed E-state index contributed by atoms with van der Waals surface area (Å²) in [6.07, 6.45) is 2.79. The van der Waals surface area contributed by atoms with E-state index in [2.05, 4.69) is 11.2 Å². The Labute approximate surface area is 105 Å². The van der Waals surface area contributed by atoms with E-state index >= 15 is 0 Å². The van der Waals surface area contributed by atoms with E-state index < -0.39 is 0 Å². The summed E-state index contributed by atoms with van der Waals surface area (Å²) in [7, 11) is 0. The summed E-state index contributed by atoms with van der Waals surface area (Å²) in [5.74, 6) is 0. The number of hydrogen-bond donors (Lipinski definition) is 0. The Kier molecular flexibility index (Phi) is 5.51. The maximum atomic E-state index is 3.99. The molecule has 1 aromatic carbocycles. The van der Waals surface area contributed by atoms with Gasteiger partial charge in [0.15, 0.2) is 0 Å². The molecule has 0 aliphatic rings. The first-order chi connectivity index (χ1) is 4.47. The monoisotopic (exact) mass is 388 g/mol. The van der Waals surface area contributed by atoms with Crippen molar-refractivity contribution in [2.75, 3.05) is 0 Å². The molecule has 3 heteroatoms. The maximum absolute atomic E-state index is 3.99. The summed E-state index contributed by atoms with van der Waals surface area (Å²) in [5.41, 5.74) is 1.03. The van der Waals surface area contributed by atoms with E-state index in [0.717, 1.165) is 10.9 Å². The van der Waals surface area contributed by atoms with E-state index in [9.17, 15) is 0 Å². The van der Waals surface area contributed by atoms with Crippen LogP contribution in [0.1, 0.15) is 0 Å². The summed E-state index contributed by atoms with van der Waals surface area (Å²) >= 11 is 0. The molecule has 0 aliphatic carbocycles. The fourth-order valence-electron chi connectivity index (χ4n) is 0.883. The van der Waals surface area contributed by atoms with Gasteiger partial charge in [-0.05, 0) is 0 Å². The van der Waals surface area contributed by atoms with Gasteiger partial charge in [-0.15, -0.1) is 23.8 Å². The van der Waals surface area contributed by atoms with E-state index in [1.54, 1.807) is 0 Å². The normalized spacial score (nSPS) is 8.36. The molecule has 0 bridgehead atoms. The van der Waals surface area contributed by atoms with Gasteiger partial charge < -0.3 is 4.98 Å². The second-order valence-corrected chi connectivity index (χ2v) is 1.94. The van der Waals surface area contributed by atoms with Crippen LogP contribution in [0, 0.1) is 6.20 Å². The number of benzene rings is 1. The molecule has 0 saturated carbocycles. The molecule has 1 heterocycles. The Hall–Kier alpha value is 0.552. The maximum Gasteiger partial charge on any atom is 0 e. The topological polar surface area (TPSA) is 12.9 Å². The molecule has 1 aromatic heterocycles. The SMILES string of the molecule is [W].[Y].[c-]1[cH-]c2ccccc2n1. The average molecular weight is 388 g/mol. The van der Waals surface area contributed by atoms with Gasteiger partial charge >= 0.3 is 0 Å². The van der Waals surface area contributed by atoms with Crippen LogP contribution in [-0.4, -0.2) is 4.98 Å². The number of hydrogen-bond acceptors (Lipinski definition) is 1. The van der Waals surface area contributed by atoms with Crippen molar-refractivity contribution in [1.82, 2.24) is 4.98 Å². The van der Waals surface area contributed by atoms with Crippen molar-refractivity contribution in [1.29, 1.82) is 0 Å². The van der Waals surface area contributed by atoms with Crippen LogP contribution in [0.2, 0.25) is 0 Å². The van der Waals surface area contributed by atoms with Gasteiger partial charge in [0, 0.05) is 53.8 Å². The zero-order valence-electron chi connectivity index (χ0n) is 5.82. The van der Waals surface area contributed by atoms with Crippen molar-refractivity contribution in [3.05, 3.63) is 36.5 Å². The zero-order chi connectivity index (χ0) is 6.10. The van der Waals surface area contributed by atoms with Crippen molar-refractivity contribution in [3.63, 3.8) is 0 Å². The molecule has 11 heavy (non-hydrogen) atoms. The standard InChI is InChI=1S/C8H5N.W.Y/c1-2-4-8-7(3-1)5-6-9-8;;/h1-5H;;/q-2;;. The van der Waals surface area contributed by atoms with Gasteiger partial charge in [0.05, 0.1) is 0 Å². The van der Waals surface area contributed by atoms with E-state index in [1.165, 1.54) is 0 Å². The zero-order valence-corrected chi connectivity index (χ0v) is 11.6. The van der Waals surface area contributed by atoms with Crippen molar-refractivity contribution in [2.45, 2.75) is 0 Å². The number of nitrogens with zero attached hydrogens (tertiary/aromatic N) is 1. The summed E-state index contributed by atoms with van der Waals surface area (Å²) in [4.78, 5) is 3.99. The van der Waals surface area contributed by atoms with Gasteiger partial charge in [-0.1, -0.05) is 6.07 Å². The molecule has 2 aromatic rings. The second kappa shape index (κ2) is 5.24. The predicted octanol–water partition coefficient (Wildman–Crippen LogP) is 1.75. The summed E-state index contributed by atoms with van der Waals surface area (Å²) in [6.45, 7) is 0. The number of rotatable bonds is 0. The van der Waals surface area contributed by atoms with Gasteiger partial charge in [0.25, 0.3) is 0 Å². The minimum Gasteiger partial charge on any atom is -0.414 e. The first-order valence-corrected chi connectivity index (χ1v) is 2.85. The van der Waals surface area contributed by atoms with Gasteiger partial charge in [-0.25, -0.2) is 6.07 Å². The Morgan fingerprint density at radius 1 is 1.27 bits per heavy atom. The predicted molar refractivity (Wildman–Crippen MR) is 36.2 cm³/mol. The molecule has 0 unspecified atom stereocenters. The summed E-state index contributed by atoms with van der Waals surface area (Å²) in [5, 5.41) is 1.16. The minimum atomic E-state index is 0. The summed E-state index contributed by atoms with van der Waals surface area (Å²) in [6, 6.07) is 9.86. The fourth-order valence-corrected chi connectivity index (χ4v) is 0.883. The van der Waals surface area contributed by atoms with Crippen molar-refractivity contribution < 1.29 is 53.8 Å². The molecule has 1 radical (unpaired) electrons. The van der Waals surface area contributed by atoms with Crippen LogP contribution in [0.4, 0.5) is 0 Å². The molecule has 53 valence electrons. The minimum absolute atomic E-state index is 0. The Morgan fingerprint density at radius 2 is 2.00 bits per heavy atom. The van der Waals surface area contributed by atoms with Crippen LogP contribution in [0.3, 0.4) is 0 Å². The largest absolute Gasteiger partial charge is 0.414 e. The van der Waals surface area contributed by atoms with E-state index in [0.29, 0.717) is 0 Å². The number of aromatic nitrogens is 1. The molecule has 0 spiro atoms. The first kappa shape index (κ1) is 11.6. The van der Waals surface area contributed by atoms with E-state index in [4.69, 9.17) is 0 Å². The molecule has 0 saturated heterocycles. The Bertz CT molecular complexity index is 288. The number of fused-ring (bicyclic) bond motifs is 1. The van der Waals surface area contributed by atoms with Gasteiger partial charge in [0.1, 0.15) is 0 Å². The quantitative estimate of drug-likeness (QED) is 0.628. The Morgan fingerprint density at radius 3 is 2.73 bits per heavy atom. The molecule has 2 rings (SSSR count). The van der Waals surface area contributed by atoms with Crippen molar-refractivity contribution in [2.24, 2.45) is 0 Å². The van der Waals surface area contributed by atoms with E-state index in [-0.39, 0.29) is 53.8 Å². The van der Waals surface area contributed by atoms with Crippen LogP contribution in [-0.2, 0) is 53.8 Å². The Balaban J connectivity index is 0.000000500. The number of para-hydroxylation sites is 1. The molecule has 0 aliphatic heterocycles. The van der Waals surface area contributed by atoms with Crippen LogP contribution >= 0.6 is 0 Å². The second-order valence-electron chi connectivity index (χ2n) is 1.94. The molecular weight excluding hydrogens is 383 g/mol. The smallest absolute Gasteiger partial charge is 0 e. The molecule has 0 amide bonds. The molecular formula is C8H5NWY-2. The van der Waals surface area contributed by atoms with Crippen LogP contribution in [0.25, 0.3) is 10.9 Å². The van der Waals surface area contributed by atoms with Crippen molar-refractivity contribution >= 4 is 10.9 Å². The third kappa shape index (κ3) is 2.51. The van der Waals surface area contributed by atoms with Gasteiger partial charge in [-0.2, -0.15) is 0 Å².